The molecule has 0 radical (unpaired) electrons. The van der Waals surface area contributed by atoms with Crippen LogP contribution in [0.5, 0.6) is 0 Å². The van der Waals surface area contributed by atoms with E-state index in [2.05, 4.69) is 81.5 Å². The first-order chi connectivity index (χ1) is 33.0. The van der Waals surface area contributed by atoms with Gasteiger partial charge in [0.05, 0.1) is 0 Å². The summed E-state index contributed by atoms with van der Waals surface area (Å²) in [5.41, 5.74) is 0. The number of unbranched alkanes of at least 4 members (excludes halogenated alkanes) is 33. The van der Waals surface area contributed by atoms with E-state index in [9.17, 15) is 14.4 Å². The summed E-state index contributed by atoms with van der Waals surface area (Å²) in [6.07, 6.45) is 69.2. The molecule has 0 aliphatic rings. The number of hydrogen-bond donors (Lipinski definition) is 0. The van der Waals surface area contributed by atoms with Crippen LogP contribution in [0.2, 0.25) is 0 Å². The van der Waals surface area contributed by atoms with Crippen molar-refractivity contribution in [3.63, 3.8) is 0 Å². The van der Waals surface area contributed by atoms with Crippen molar-refractivity contribution in [3.8, 4) is 0 Å². The Kier molecular flexibility index (Phi) is 53.3. The first-order valence-corrected chi connectivity index (χ1v) is 28.8. The Labute approximate surface area is 415 Å². The van der Waals surface area contributed by atoms with Crippen LogP contribution in [0.25, 0.3) is 0 Å². The third kappa shape index (κ3) is 53.9. The smallest absolute Gasteiger partial charge is 0.306 e. The van der Waals surface area contributed by atoms with Crippen molar-refractivity contribution in [1.82, 2.24) is 0 Å². The molecule has 67 heavy (non-hydrogen) atoms. The minimum Gasteiger partial charge on any atom is -0.462 e. The highest BCUT2D eigenvalue weighted by molar-refractivity contribution is 5.71. The van der Waals surface area contributed by atoms with Crippen LogP contribution in [-0.4, -0.2) is 37.2 Å². The van der Waals surface area contributed by atoms with E-state index in [0.717, 1.165) is 64.2 Å². The molecule has 1 unspecified atom stereocenters. The highest BCUT2D eigenvalue weighted by atomic mass is 16.6. The lowest BCUT2D eigenvalue weighted by Crippen LogP contribution is -2.30. The van der Waals surface area contributed by atoms with Crippen molar-refractivity contribution in [1.29, 1.82) is 0 Å². The van der Waals surface area contributed by atoms with Crippen molar-refractivity contribution in [2.75, 3.05) is 13.2 Å². The van der Waals surface area contributed by atoms with Gasteiger partial charge >= 0.3 is 17.9 Å². The molecule has 0 fully saturated rings. The molecular weight excluding hydrogens is 829 g/mol. The fourth-order valence-corrected chi connectivity index (χ4v) is 8.11. The van der Waals surface area contributed by atoms with Crippen LogP contribution in [0.15, 0.2) is 60.8 Å². The number of esters is 3. The number of carbonyl (C=O) groups is 3. The molecule has 0 heterocycles. The van der Waals surface area contributed by atoms with Crippen molar-refractivity contribution < 1.29 is 28.6 Å². The summed E-state index contributed by atoms with van der Waals surface area (Å²) in [4.78, 5) is 38.1. The summed E-state index contributed by atoms with van der Waals surface area (Å²) in [5, 5.41) is 0. The van der Waals surface area contributed by atoms with Crippen molar-refractivity contribution in [2.24, 2.45) is 0 Å². The summed E-state index contributed by atoms with van der Waals surface area (Å²) in [6.45, 7) is 6.56. The molecule has 0 amide bonds. The Hall–Kier alpha value is -2.89. The molecule has 388 valence electrons. The number of ether oxygens (including phenoxy) is 3. The molecular formula is C61H108O6. The topological polar surface area (TPSA) is 78.9 Å². The van der Waals surface area contributed by atoms with Crippen molar-refractivity contribution >= 4 is 17.9 Å². The summed E-state index contributed by atoms with van der Waals surface area (Å²) < 4.78 is 16.8. The summed E-state index contributed by atoms with van der Waals surface area (Å²) in [5.74, 6) is -0.886. The second kappa shape index (κ2) is 55.7. The monoisotopic (exact) mass is 937 g/mol. The van der Waals surface area contributed by atoms with E-state index < -0.39 is 6.10 Å². The zero-order chi connectivity index (χ0) is 48.6. The van der Waals surface area contributed by atoms with Crippen LogP contribution >= 0.6 is 0 Å². The summed E-state index contributed by atoms with van der Waals surface area (Å²) >= 11 is 0. The minimum absolute atomic E-state index is 0.0789. The molecule has 0 saturated heterocycles. The van der Waals surface area contributed by atoms with Crippen LogP contribution in [0.1, 0.15) is 290 Å². The molecule has 0 spiro atoms. The Balaban J connectivity index is 4.32. The molecule has 0 aromatic carbocycles. The number of rotatable bonds is 52. The molecule has 0 N–H and O–H groups in total. The quantitative estimate of drug-likeness (QED) is 0.0199. The fourth-order valence-electron chi connectivity index (χ4n) is 8.11. The van der Waals surface area contributed by atoms with Crippen LogP contribution in [0.3, 0.4) is 0 Å². The second-order valence-electron chi connectivity index (χ2n) is 19.3. The van der Waals surface area contributed by atoms with E-state index in [1.165, 1.54) is 186 Å². The van der Waals surface area contributed by atoms with Gasteiger partial charge in [-0.15, -0.1) is 0 Å². The third-order valence-corrected chi connectivity index (χ3v) is 12.5. The van der Waals surface area contributed by atoms with Crippen molar-refractivity contribution in [3.05, 3.63) is 60.8 Å². The summed E-state index contributed by atoms with van der Waals surface area (Å²) in [7, 11) is 0. The van der Waals surface area contributed by atoms with E-state index in [0.29, 0.717) is 19.3 Å². The highest BCUT2D eigenvalue weighted by Gasteiger charge is 2.19. The minimum atomic E-state index is -0.780. The molecule has 0 aromatic rings. The van der Waals surface area contributed by atoms with Gasteiger partial charge in [0.25, 0.3) is 0 Å². The molecule has 0 saturated carbocycles. The number of allylic oxidation sites excluding steroid dienone is 10. The standard InChI is InChI=1S/C61H108O6/c1-4-7-10-13-16-19-22-24-26-28-30-32-34-36-39-42-45-48-51-54-60(63)66-57-58(56-65-59(62)53-50-47-44-41-38-21-18-15-12-9-6-3)67-61(64)55-52-49-46-43-40-37-35-33-31-29-27-25-23-20-17-14-11-8-5-2/h15-20,22-25,58H,4-14,21,26-57H2,1-3H3/b18-15-,19-16-,20-17-,24-22-,25-23-. The summed E-state index contributed by atoms with van der Waals surface area (Å²) in [6, 6.07) is 0. The van der Waals surface area contributed by atoms with Gasteiger partial charge in [-0.1, -0.05) is 242 Å². The van der Waals surface area contributed by atoms with Gasteiger partial charge in [0.1, 0.15) is 13.2 Å². The average molecular weight is 938 g/mol. The molecule has 6 heteroatoms. The van der Waals surface area contributed by atoms with Gasteiger partial charge in [-0.25, -0.2) is 0 Å². The predicted octanol–water partition coefficient (Wildman–Crippen LogP) is 19.2. The van der Waals surface area contributed by atoms with E-state index in [4.69, 9.17) is 14.2 Å². The average Bonchev–Trinajstić information content (AvgIpc) is 3.33. The zero-order valence-electron chi connectivity index (χ0n) is 44.4. The SMILES string of the molecule is CCCC/C=C\CCCCCCCC(=O)OCC(COC(=O)CCCCCCCCCCCC/C=C\C=C/CCCCC)OC(=O)CCCCCCCCCCCC/C=C\C=C/CCCCC. The van der Waals surface area contributed by atoms with E-state index >= 15 is 0 Å². The number of carbonyl (C=O) groups excluding carboxylic acids is 3. The van der Waals surface area contributed by atoms with Crippen molar-refractivity contribution in [2.45, 2.75) is 297 Å². The Morgan fingerprint density at radius 3 is 0.881 bits per heavy atom. The maximum atomic E-state index is 12.9. The second-order valence-corrected chi connectivity index (χ2v) is 19.3. The molecule has 0 bridgehead atoms. The molecule has 6 nitrogen and oxygen atoms in total. The van der Waals surface area contributed by atoms with Gasteiger partial charge in [-0.2, -0.15) is 0 Å². The maximum absolute atomic E-state index is 12.9. The Bertz CT molecular complexity index is 1210. The number of hydrogen-bond acceptors (Lipinski definition) is 6. The Morgan fingerprint density at radius 1 is 0.299 bits per heavy atom. The van der Waals surface area contributed by atoms with Gasteiger partial charge in [0.2, 0.25) is 0 Å². The van der Waals surface area contributed by atoms with Gasteiger partial charge in [-0.05, 0) is 89.9 Å². The lowest BCUT2D eigenvalue weighted by molar-refractivity contribution is -0.167. The lowest BCUT2D eigenvalue weighted by Gasteiger charge is -2.18. The van der Waals surface area contributed by atoms with E-state index in [-0.39, 0.29) is 31.1 Å². The molecule has 0 aromatic heterocycles. The van der Waals surface area contributed by atoms with Crippen LogP contribution in [0, 0.1) is 0 Å². The van der Waals surface area contributed by atoms with Gasteiger partial charge < -0.3 is 14.2 Å². The maximum Gasteiger partial charge on any atom is 0.306 e. The first kappa shape index (κ1) is 64.1. The molecule has 0 aliphatic heterocycles. The van der Waals surface area contributed by atoms with Gasteiger partial charge in [0.15, 0.2) is 6.10 Å². The zero-order valence-corrected chi connectivity index (χ0v) is 44.4. The van der Waals surface area contributed by atoms with E-state index in [1.54, 1.807) is 0 Å². The first-order valence-electron chi connectivity index (χ1n) is 28.8. The van der Waals surface area contributed by atoms with Crippen LogP contribution in [-0.2, 0) is 28.6 Å². The van der Waals surface area contributed by atoms with Gasteiger partial charge in [0, 0.05) is 19.3 Å². The predicted molar refractivity (Wildman–Crippen MR) is 288 cm³/mol. The molecule has 0 aliphatic carbocycles. The Morgan fingerprint density at radius 2 is 0.552 bits per heavy atom. The fraction of sp³-hybridized carbons (Fsp3) is 0.787. The van der Waals surface area contributed by atoms with Gasteiger partial charge in [-0.3, -0.25) is 14.4 Å². The normalized spacial score (nSPS) is 12.5. The van der Waals surface area contributed by atoms with Crippen LogP contribution < -0.4 is 0 Å². The van der Waals surface area contributed by atoms with Crippen LogP contribution in [0.4, 0.5) is 0 Å². The highest BCUT2D eigenvalue weighted by Crippen LogP contribution is 2.16. The van der Waals surface area contributed by atoms with E-state index in [1.807, 2.05) is 0 Å². The lowest BCUT2D eigenvalue weighted by atomic mass is 10.1. The largest absolute Gasteiger partial charge is 0.462 e. The third-order valence-electron chi connectivity index (χ3n) is 12.5. The molecule has 1 atom stereocenters. The molecule has 0 rings (SSSR count).